The molecule has 0 amide bonds. The Balaban J connectivity index is 0.000000690. The Hall–Kier alpha value is -0.940. The molecule has 0 aliphatic carbocycles. The maximum absolute atomic E-state index is 9.08. The van der Waals surface area contributed by atoms with E-state index >= 15 is 0 Å². The lowest BCUT2D eigenvalue weighted by Crippen LogP contribution is -2.32. The second-order valence-electron chi connectivity index (χ2n) is 5.44. The number of hydrogen-bond acceptors (Lipinski definition) is 3. The number of aryl methyl sites for hydroxylation is 2. The van der Waals surface area contributed by atoms with Crippen LogP contribution < -0.4 is 4.57 Å². The molecule has 1 aromatic heterocycles. The Kier molecular flexibility index (Phi) is 11.2. The van der Waals surface area contributed by atoms with Crippen molar-refractivity contribution in [3.05, 3.63) is 30.1 Å². The third-order valence-electron chi connectivity index (χ3n) is 3.08. The number of hydrogen-bond donors (Lipinski definition) is 0. The van der Waals surface area contributed by atoms with E-state index in [0.29, 0.717) is 6.26 Å². The van der Waals surface area contributed by atoms with Crippen LogP contribution >= 0.6 is 0 Å². The summed E-state index contributed by atoms with van der Waals surface area (Å²) >= 11 is 0. The second kappa shape index (κ2) is 11.7. The van der Waals surface area contributed by atoms with Crippen LogP contribution in [0.1, 0.15) is 57.4 Å². The maximum Gasteiger partial charge on any atom is 0.169 e. The van der Waals surface area contributed by atoms with Gasteiger partial charge in [-0.3, -0.25) is 0 Å². The third kappa shape index (κ3) is 17.0. The summed E-state index contributed by atoms with van der Waals surface area (Å²) in [6, 6.07) is 4.36. The van der Waals surface area contributed by atoms with Gasteiger partial charge in [0.15, 0.2) is 12.4 Å². The molecule has 4 nitrogen and oxygen atoms in total. The Labute approximate surface area is 130 Å². The van der Waals surface area contributed by atoms with Gasteiger partial charge in [-0.15, -0.1) is 0 Å². The summed E-state index contributed by atoms with van der Waals surface area (Å²) in [6.07, 6.45) is 14.7. The Morgan fingerprint density at radius 3 is 1.90 bits per heavy atom. The van der Waals surface area contributed by atoms with Crippen molar-refractivity contribution in [1.82, 2.24) is 0 Å². The molecule has 1 heterocycles. The molecule has 1 rings (SSSR count). The molecule has 0 N–H and O–H groups in total. The number of pyridine rings is 1. The number of unbranched alkanes of at least 4 members (excludes halogenated alkanes) is 6. The van der Waals surface area contributed by atoms with E-state index in [1.165, 1.54) is 57.1 Å². The number of rotatable bonds is 8. The van der Waals surface area contributed by atoms with Gasteiger partial charge in [-0.2, -0.15) is 0 Å². The predicted molar refractivity (Wildman–Crippen MR) is 85.0 cm³/mol. The highest BCUT2D eigenvalue weighted by Gasteiger charge is 1.98. The van der Waals surface area contributed by atoms with E-state index in [4.69, 9.17) is 13.0 Å². The van der Waals surface area contributed by atoms with Crippen molar-refractivity contribution >= 4 is 10.1 Å². The van der Waals surface area contributed by atoms with Crippen LogP contribution in [0.5, 0.6) is 0 Å². The minimum Gasteiger partial charge on any atom is -0.748 e. The van der Waals surface area contributed by atoms with Gasteiger partial charge in [-0.05, 0) is 18.9 Å². The van der Waals surface area contributed by atoms with Gasteiger partial charge in [0.2, 0.25) is 0 Å². The van der Waals surface area contributed by atoms with E-state index in [1.807, 2.05) is 0 Å². The van der Waals surface area contributed by atoms with Gasteiger partial charge in [0, 0.05) is 24.8 Å². The van der Waals surface area contributed by atoms with Crippen LogP contribution in [0.2, 0.25) is 0 Å². The SMILES string of the molecule is CCCCCCCCC[n+]1ccc(C)cc1.CS(=O)(=O)[O-]. The van der Waals surface area contributed by atoms with E-state index in [1.54, 1.807) is 0 Å². The van der Waals surface area contributed by atoms with Crippen molar-refractivity contribution in [3.8, 4) is 0 Å². The highest BCUT2D eigenvalue weighted by atomic mass is 32.2. The topological polar surface area (TPSA) is 61.1 Å². The molecule has 0 radical (unpaired) electrons. The van der Waals surface area contributed by atoms with Crippen LogP contribution in [0, 0.1) is 6.92 Å². The van der Waals surface area contributed by atoms with E-state index in [0.717, 1.165) is 0 Å². The van der Waals surface area contributed by atoms with Crippen LogP contribution in [-0.4, -0.2) is 19.2 Å². The minimum absolute atomic E-state index is 0.604. The fraction of sp³-hybridized carbons (Fsp3) is 0.688. The highest BCUT2D eigenvalue weighted by molar-refractivity contribution is 7.84. The lowest BCUT2D eigenvalue weighted by atomic mass is 10.1. The molecule has 21 heavy (non-hydrogen) atoms. The van der Waals surface area contributed by atoms with Gasteiger partial charge in [-0.25, -0.2) is 13.0 Å². The molecule has 0 saturated heterocycles. The first-order chi connectivity index (χ1) is 9.83. The highest BCUT2D eigenvalue weighted by Crippen LogP contribution is 2.06. The van der Waals surface area contributed by atoms with Crippen LogP contribution in [0.15, 0.2) is 24.5 Å². The van der Waals surface area contributed by atoms with Crippen LogP contribution in [0.3, 0.4) is 0 Å². The Bertz CT molecular complexity index is 447. The molecule has 0 fully saturated rings. The van der Waals surface area contributed by atoms with E-state index < -0.39 is 10.1 Å². The fourth-order valence-corrected chi connectivity index (χ4v) is 1.93. The molecular formula is C16H29NO3S. The second-order valence-corrected chi connectivity index (χ2v) is 6.85. The van der Waals surface area contributed by atoms with Crippen molar-refractivity contribution in [3.63, 3.8) is 0 Å². The zero-order valence-corrected chi connectivity index (χ0v) is 14.4. The van der Waals surface area contributed by atoms with E-state index in [9.17, 15) is 0 Å². The summed E-state index contributed by atoms with van der Waals surface area (Å²) in [5.74, 6) is 0. The van der Waals surface area contributed by atoms with Gasteiger partial charge >= 0.3 is 0 Å². The summed E-state index contributed by atoms with van der Waals surface area (Å²) < 4.78 is 29.5. The fourth-order valence-electron chi connectivity index (χ4n) is 1.93. The number of aromatic nitrogens is 1. The molecule has 0 bridgehead atoms. The molecule has 0 spiro atoms. The average Bonchev–Trinajstić information content (AvgIpc) is 2.38. The van der Waals surface area contributed by atoms with Gasteiger partial charge < -0.3 is 4.55 Å². The van der Waals surface area contributed by atoms with Crippen molar-refractivity contribution in [1.29, 1.82) is 0 Å². The van der Waals surface area contributed by atoms with Gasteiger partial charge in [-0.1, -0.05) is 39.0 Å². The molecule has 0 aliphatic heterocycles. The summed E-state index contributed by atoms with van der Waals surface area (Å²) in [4.78, 5) is 0. The third-order valence-corrected chi connectivity index (χ3v) is 3.08. The normalized spacial score (nSPS) is 10.9. The predicted octanol–water partition coefficient (Wildman–Crippen LogP) is 3.19. The molecule has 1 aromatic rings. The van der Waals surface area contributed by atoms with Crippen LogP contribution in [0.4, 0.5) is 0 Å². The first-order valence-electron chi connectivity index (χ1n) is 7.69. The summed E-state index contributed by atoms with van der Waals surface area (Å²) in [5.41, 5.74) is 1.34. The van der Waals surface area contributed by atoms with E-state index in [2.05, 4.69) is 42.9 Å². The largest absolute Gasteiger partial charge is 0.748 e. The standard InChI is InChI=1S/C15H26N.CH4O3S/c1-3-4-5-6-7-8-9-12-16-13-10-15(2)11-14-16;1-5(2,3)4/h10-11,13-14H,3-9,12H2,1-2H3;1H3,(H,2,3,4)/q+1;/p-1. The van der Waals surface area contributed by atoms with Gasteiger partial charge in [0.05, 0.1) is 10.1 Å². The molecule has 0 saturated carbocycles. The van der Waals surface area contributed by atoms with Crippen molar-refractivity contribution in [2.75, 3.05) is 6.26 Å². The molecule has 5 heteroatoms. The Morgan fingerprint density at radius 1 is 1.00 bits per heavy atom. The average molecular weight is 315 g/mol. The number of nitrogens with zero attached hydrogens (tertiary/aromatic N) is 1. The molecule has 0 atom stereocenters. The smallest absolute Gasteiger partial charge is 0.169 e. The molecular weight excluding hydrogens is 286 g/mol. The monoisotopic (exact) mass is 315 g/mol. The summed E-state index contributed by atoms with van der Waals surface area (Å²) in [6.45, 7) is 5.58. The molecule has 0 aliphatic rings. The van der Waals surface area contributed by atoms with Crippen LogP contribution in [0.25, 0.3) is 0 Å². The molecule has 0 aromatic carbocycles. The molecule has 122 valence electrons. The minimum atomic E-state index is -3.92. The van der Waals surface area contributed by atoms with Crippen LogP contribution in [-0.2, 0) is 16.7 Å². The first kappa shape index (κ1) is 20.1. The first-order valence-corrected chi connectivity index (χ1v) is 9.51. The quantitative estimate of drug-likeness (QED) is 0.420. The van der Waals surface area contributed by atoms with E-state index in [-0.39, 0.29) is 0 Å². The van der Waals surface area contributed by atoms with Crippen molar-refractivity contribution in [2.24, 2.45) is 0 Å². The van der Waals surface area contributed by atoms with Crippen molar-refractivity contribution in [2.45, 2.75) is 65.3 Å². The summed E-state index contributed by atoms with van der Waals surface area (Å²) in [7, 11) is -3.92. The summed E-state index contributed by atoms with van der Waals surface area (Å²) in [5, 5.41) is 0. The Morgan fingerprint density at radius 2 is 1.43 bits per heavy atom. The lowest BCUT2D eigenvalue weighted by Gasteiger charge is -1.99. The molecule has 0 unspecified atom stereocenters. The van der Waals surface area contributed by atoms with Gasteiger partial charge in [0.1, 0.15) is 6.54 Å². The lowest BCUT2D eigenvalue weighted by molar-refractivity contribution is -0.697. The van der Waals surface area contributed by atoms with Gasteiger partial charge in [0.25, 0.3) is 0 Å². The van der Waals surface area contributed by atoms with Crippen molar-refractivity contribution < 1.29 is 17.5 Å². The zero-order chi connectivity index (χ0) is 16.1. The maximum atomic E-state index is 9.08. The zero-order valence-electron chi connectivity index (χ0n) is 13.5.